The van der Waals surface area contributed by atoms with Gasteiger partial charge in [0, 0.05) is 12.2 Å². The van der Waals surface area contributed by atoms with E-state index in [1.165, 1.54) is 11.1 Å². The smallest absolute Gasteiger partial charge is 0.251 e. The Morgan fingerprint density at radius 3 is 2.38 bits per heavy atom. The standard InChI is InChI=1S/C20H29NO3/c1-18(2)7-8-19(3,4)16-11-14(5-6-15(16)18)17(23)21-20(12-22)9-10-24-13-20/h5-6,11,22H,7-10,12-13H2,1-4H3,(H,21,23). The van der Waals surface area contributed by atoms with E-state index in [-0.39, 0.29) is 23.3 Å². The monoisotopic (exact) mass is 331 g/mol. The summed E-state index contributed by atoms with van der Waals surface area (Å²) in [6.45, 7) is 9.91. The molecule has 132 valence electrons. The highest BCUT2D eigenvalue weighted by Gasteiger charge is 2.39. The van der Waals surface area contributed by atoms with Crippen molar-refractivity contribution in [2.75, 3.05) is 19.8 Å². The molecule has 0 aromatic heterocycles. The van der Waals surface area contributed by atoms with E-state index in [4.69, 9.17) is 4.74 Å². The van der Waals surface area contributed by atoms with Gasteiger partial charge in [-0.05, 0) is 53.4 Å². The Bertz CT molecular complexity index is 642. The highest BCUT2D eigenvalue weighted by atomic mass is 16.5. The summed E-state index contributed by atoms with van der Waals surface area (Å²) in [5.41, 5.74) is 2.86. The third-order valence-electron chi connectivity index (χ3n) is 5.90. The van der Waals surface area contributed by atoms with Crippen LogP contribution in [-0.4, -0.2) is 36.4 Å². The minimum Gasteiger partial charge on any atom is -0.394 e. The summed E-state index contributed by atoms with van der Waals surface area (Å²) in [5.74, 6) is -0.128. The molecule has 1 fully saturated rings. The van der Waals surface area contributed by atoms with Gasteiger partial charge >= 0.3 is 0 Å². The van der Waals surface area contributed by atoms with Gasteiger partial charge in [-0.15, -0.1) is 0 Å². The van der Waals surface area contributed by atoms with E-state index in [2.05, 4.69) is 39.1 Å². The molecule has 0 bridgehead atoms. The first kappa shape index (κ1) is 17.4. The van der Waals surface area contributed by atoms with Crippen molar-refractivity contribution >= 4 is 5.91 Å². The van der Waals surface area contributed by atoms with Crippen LogP contribution < -0.4 is 5.32 Å². The van der Waals surface area contributed by atoms with Gasteiger partial charge in [0.2, 0.25) is 0 Å². The van der Waals surface area contributed by atoms with Gasteiger partial charge in [-0.2, -0.15) is 0 Å². The van der Waals surface area contributed by atoms with Gasteiger partial charge in [0.05, 0.1) is 18.8 Å². The van der Waals surface area contributed by atoms with Crippen molar-refractivity contribution in [2.24, 2.45) is 0 Å². The van der Waals surface area contributed by atoms with Crippen LogP contribution in [0.15, 0.2) is 18.2 Å². The van der Waals surface area contributed by atoms with Crippen molar-refractivity contribution in [3.63, 3.8) is 0 Å². The second kappa shape index (κ2) is 5.85. The van der Waals surface area contributed by atoms with Crippen LogP contribution in [0.25, 0.3) is 0 Å². The number of aliphatic hydroxyl groups is 1. The second-order valence-corrected chi connectivity index (χ2v) is 8.72. The van der Waals surface area contributed by atoms with Crippen molar-refractivity contribution in [1.29, 1.82) is 0 Å². The van der Waals surface area contributed by atoms with Gasteiger partial charge in [-0.25, -0.2) is 0 Å². The fourth-order valence-corrected chi connectivity index (χ4v) is 3.91. The molecule has 1 saturated heterocycles. The molecule has 0 saturated carbocycles. The van der Waals surface area contributed by atoms with Crippen LogP contribution in [-0.2, 0) is 15.6 Å². The van der Waals surface area contributed by atoms with Crippen LogP contribution in [0.4, 0.5) is 0 Å². The molecule has 1 atom stereocenters. The van der Waals surface area contributed by atoms with Gasteiger partial charge in [0.1, 0.15) is 0 Å². The van der Waals surface area contributed by atoms with Crippen LogP contribution in [0.2, 0.25) is 0 Å². The fraction of sp³-hybridized carbons (Fsp3) is 0.650. The third-order valence-corrected chi connectivity index (χ3v) is 5.90. The Morgan fingerprint density at radius 2 is 1.79 bits per heavy atom. The van der Waals surface area contributed by atoms with Crippen molar-refractivity contribution < 1.29 is 14.6 Å². The maximum Gasteiger partial charge on any atom is 0.251 e. The number of carbonyl (C=O) groups is 1. The number of hydrogen-bond acceptors (Lipinski definition) is 3. The average Bonchev–Trinajstić information content (AvgIpc) is 3.01. The predicted molar refractivity (Wildman–Crippen MR) is 94.4 cm³/mol. The zero-order chi connectivity index (χ0) is 17.6. The summed E-state index contributed by atoms with van der Waals surface area (Å²) in [5, 5.41) is 12.7. The third kappa shape index (κ3) is 2.98. The van der Waals surface area contributed by atoms with Crippen LogP contribution in [0.1, 0.15) is 68.4 Å². The highest BCUT2D eigenvalue weighted by molar-refractivity contribution is 5.95. The highest BCUT2D eigenvalue weighted by Crippen LogP contribution is 2.45. The molecule has 3 rings (SSSR count). The quantitative estimate of drug-likeness (QED) is 0.895. The van der Waals surface area contributed by atoms with Crippen LogP contribution in [0.3, 0.4) is 0 Å². The molecule has 0 spiro atoms. The summed E-state index contributed by atoms with van der Waals surface area (Å²) in [4.78, 5) is 12.7. The summed E-state index contributed by atoms with van der Waals surface area (Å²) < 4.78 is 5.36. The van der Waals surface area contributed by atoms with Crippen LogP contribution >= 0.6 is 0 Å². The van der Waals surface area contributed by atoms with E-state index in [1.807, 2.05) is 12.1 Å². The van der Waals surface area contributed by atoms with Gasteiger partial charge in [-0.3, -0.25) is 4.79 Å². The number of nitrogens with one attached hydrogen (secondary N) is 1. The molecule has 1 aliphatic carbocycles. The number of rotatable bonds is 3. The zero-order valence-electron chi connectivity index (χ0n) is 15.2. The summed E-state index contributed by atoms with van der Waals surface area (Å²) in [6, 6.07) is 6.08. The number of aliphatic hydroxyl groups excluding tert-OH is 1. The zero-order valence-corrected chi connectivity index (χ0v) is 15.2. The molecule has 2 aliphatic rings. The maximum atomic E-state index is 12.7. The number of benzene rings is 1. The molecule has 4 heteroatoms. The van der Waals surface area contributed by atoms with Crippen molar-refractivity contribution in [3.8, 4) is 0 Å². The van der Waals surface area contributed by atoms with E-state index in [9.17, 15) is 9.90 Å². The van der Waals surface area contributed by atoms with E-state index in [0.717, 1.165) is 12.8 Å². The van der Waals surface area contributed by atoms with Crippen molar-refractivity contribution in [1.82, 2.24) is 5.32 Å². The van der Waals surface area contributed by atoms with Gasteiger partial charge < -0.3 is 15.2 Å². The molecular formula is C20H29NO3. The Hall–Kier alpha value is -1.39. The van der Waals surface area contributed by atoms with Crippen molar-refractivity contribution in [2.45, 2.75) is 63.3 Å². The Labute approximate surface area is 144 Å². The molecule has 1 aliphatic heterocycles. The van der Waals surface area contributed by atoms with E-state index in [1.54, 1.807) is 0 Å². The number of hydrogen-bond donors (Lipinski definition) is 2. The summed E-state index contributed by atoms with van der Waals surface area (Å²) >= 11 is 0. The number of carbonyl (C=O) groups excluding carboxylic acids is 1. The Kier molecular flexibility index (Phi) is 4.25. The summed E-state index contributed by atoms with van der Waals surface area (Å²) in [7, 11) is 0. The molecule has 1 aromatic carbocycles. The first-order chi connectivity index (χ1) is 11.2. The number of fused-ring (bicyclic) bond motifs is 1. The SMILES string of the molecule is CC1(C)CCC(C)(C)c2cc(C(=O)NC3(CO)CCOC3)ccc21. The summed E-state index contributed by atoms with van der Waals surface area (Å²) in [6.07, 6.45) is 2.93. The lowest BCUT2D eigenvalue weighted by Gasteiger charge is -2.42. The lowest BCUT2D eigenvalue weighted by molar-refractivity contribution is 0.0789. The number of ether oxygens (including phenoxy) is 1. The van der Waals surface area contributed by atoms with E-state index in [0.29, 0.717) is 25.2 Å². The van der Waals surface area contributed by atoms with E-state index < -0.39 is 5.54 Å². The fourth-order valence-electron chi connectivity index (χ4n) is 3.91. The maximum absolute atomic E-state index is 12.7. The first-order valence-electron chi connectivity index (χ1n) is 8.85. The minimum atomic E-state index is -0.637. The molecule has 0 radical (unpaired) electrons. The van der Waals surface area contributed by atoms with E-state index >= 15 is 0 Å². The molecule has 24 heavy (non-hydrogen) atoms. The average molecular weight is 331 g/mol. The number of amides is 1. The van der Waals surface area contributed by atoms with Gasteiger partial charge in [0.25, 0.3) is 5.91 Å². The molecular weight excluding hydrogens is 302 g/mol. The largest absolute Gasteiger partial charge is 0.394 e. The first-order valence-corrected chi connectivity index (χ1v) is 8.85. The molecule has 2 N–H and O–H groups in total. The molecule has 1 aromatic rings. The van der Waals surface area contributed by atoms with Crippen LogP contribution in [0, 0.1) is 0 Å². The predicted octanol–water partition coefficient (Wildman–Crippen LogP) is 2.92. The minimum absolute atomic E-state index is 0.0757. The Balaban J connectivity index is 1.92. The Morgan fingerprint density at radius 1 is 1.12 bits per heavy atom. The molecule has 1 amide bonds. The lowest BCUT2D eigenvalue weighted by atomic mass is 9.63. The van der Waals surface area contributed by atoms with Crippen LogP contribution in [0.5, 0.6) is 0 Å². The van der Waals surface area contributed by atoms with Crippen molar-refractivity contribution in [3.05, 3.63) is 34.9 Å². The normalized spacial score (nSPS) is 27.5. The molecule has 4 nitrogen and oxygen atoms in total. The second-order valence-electron chi connectivity index (χ2n) is 8.72. The van der Waals surface area contributed by atoms with Gasteiger partial charge in [-0.1, -0.05) is 33.8 Å². The lowest BCUT2D eigenvalue weighted by Crippen LogP contribution is -2.52. The molecule has 1 heterocycles. The molecule has 1 unspecified atom stereocenters. The topological polar surface area (TPSA) is 58.6 Å². The van der Waals surface area contributed by atoms with Gasteiger partial charge in [0.15, 0.2) is 0 Å².